The van der Waals surface area contributed by atoms with Gasteiger partial charge in [0.05, 0.1) is 6.54 Å². The van der Waals surface area contributed by atoms with Gasteiger partial charge in [-0.25, -0.2) is 0 Å². The average molecular weight is 241 g/mol. The summed E-state index contributed by atoms with van der Waals surface area (Å²) in [6, 6.07) is 0.322. The molecular weight excluding hydrogens is 218 g/mol. The van der Waals surface area contributed by atoms with E-state index in [0.717, 1.165) is 12.8 Å². The van der Waals surface area contributed by atoms with Gasteiger partial charge in [-0.15, -0.1) is 0 Å². The summed E-state index contributed by atoms with van der Waals surface area (Å²) in [7, 11) is 1.66. The Bertz CT molecular complexity index is 271. The smallest absolute Gasteiger partial charge is 0.236 e. The van der Waals surface area contributed by atoms with Gasteiger partial charge in [-0.05, 0) is 12.8 Å². The van der Waals surface area contributed by atoms with Gasteiger partial charge in [0.15, 0.2) is 0 Å². The molecule has 1 saturated heterocycles. The van der Waals surface area contributed by atoms with E-state index in [1.54, 1.807) is 7.05 Å². The number of likely N-dealkylation sites (tertiary alicyclic amines) is 1. The summed E-state index contributed by atoms with van der Waals surface area (Å²) in [5.74, 6) is 0.300. The van der Waals surface area contributed by atoms with E-state index in [1.165, 1.54) is 0 Å². The van der Waals surface area contributed by atoms with E-state index >= 15 is 0 Å². The summed E-state index contributed by atoms with van der Waals surface area (Å²) in [6.07, 6.45) is 1.54. The second kappa shape index (κ2) is 6.59. The minimum Gasteiger partial charge on any atom is -0.359 e. The molecule has 1 aliphatic rings. The number of hydrogen-bond donors (Lipinski definition) is 2. The Morgan fingerprint density at radius 2 is 1.88 bits per heavy atom. The molecule has 0 saturated carbocycles. The van der Waals surface area contributed by atoms with Crippen LogP contribution in [-0.4, -0.2) is 49.4 Å². The van der Waals surface area contributed by atoms with Gasteiger partial charge >= 0.3 is 0 Å². The van der Waals surface area contributed by atoms with E-state index in [0.29, 0.717) is 25.7 Å². The van der Waals surface area contributed by atoms with Crippen molar-refractivity contribution in [3.63, 3.8) is 0 Å². The highest BCUT2D eigenvalue weighted by atomic mass is 16.2. The fraction of sp³-hybridized carbons (Fsp3) is 0.833. The summed E-state index contributed by atoms with van der Waals surface area (Å²) < 4.78 is 0. The van der Waals surface area contributed by atoms with Crippen LogP contribution in [0.1, 0.15) is 26.7 Å². The Labute approximate surface area is 103 Å². The zero-order valence-corrected chi connectivity index (χ0v) is 11.0. The lowest BCUT2D eigenvalue weighted by Gasteiger charge is -2.31. The molecule has 5 nitrogen and oxygen atoms in total. The second-order valence-corrected chi connectivity index (χ2v) is 4.80. The quantitative estimate of drug-likeness (QED) is 0.726. The maximum absolute atomic E-state index is 11.8. The Balaban J connectivity index is 2.31. The standard InChI is InChI=1S/C12H23N3O2/c1-9(2)14-8-11(16)15-6-4-10(5-7-15)12(17)13-3/h9-10,14H,4-8H2,1-3H3,(H,13,17). The van der Waals surface area contributed by atoms with Crippen molar-refractivity contribution in [3.05, 3.63) is 0 Å². The van der Waals surface area contributed by atoms with E-state index in [1.807, 2.05) is 18.7 Å². The van der Waals surface area contributed by atoms with Crippen LogP contribution in [0.15, 0.2) is 0 Å². The monoisotopic (exact) mass is 241 g/mol. The molecular formula is C12H23N3O2. The second-order valence-electron chi connectivity index (χ2n) is 4.80. The van der Waals surface area contributed by atoms with Crippen molar-refractivity contribution < 1.29 is 9.59 Å². The molecule has 0 radical (unpaired) electrons. The molecule has 0 unspecified atom stereocenters. The van der Waals surface area contributed by atoms with Crippen molar-refractivity contribution in [2.24, 2.45) is 5.92 Å². The highest BCUT2D eigenvalue weighted by molar-refractivity contribution is 5.80. The van der Waals surface area contributed by atoms with Crippen LogP contribution >= 0.6 is 0 Å². The van der Waals surface area contributed by atoms with Crippen LogP contribution < -0.4 is 10.6 Å². The van der Waals surface area contributed by atoms with Gasteiger partial charge in [0.1, 0.15) is 0 Å². The summed E-state index contributed by atoms with van der Waals surface area (Å²) in [5.41, 5.74) is 0. The lowest BCUT2D eigenvalue weighted by molar-refractivity contribution is -0.134. The highest BCUT2D eigenvalue weighted by Gasteiger charge is 2.26. The highest BCUT2D eigenvalue weighted by Crippen LogP contribution is 2.17. The normalized spacial score (nSPS) is 17.3. The van der Waals surface area contributed by atoms with Crippen LogP contribution in [0.5, 0.6) is 0 Å². The number of nitrogens with zero attached hydrogens (tertiary/aromatic N) is 1. The van der Waals surface area contributed by atoms with Crippen molar-refractivity contribution in [1.82, 2.24) is 15.5 Å². The molecule has 1 fully saturated rings. The topological polar surface area (TPSA) is 61.4 Å². The zero-order valence-electron chi connectivity index (χ0n) is 11.0. The number of hydrogen-bond acceptors (Lipinski definition) is 3. The molecule has 1 heterocycles. The molecule has 1 rings (SSSR count). The van der Waals surface area contributed by atoms with E-state index in [-0.39, 0.29) is 17.7 Å². The van der Waals surface area contributed by atoms with Crippen molar-refractivity contribution in [1.29, 1.82) is 0 Å². The summed E-state index contributed by atoms with van der Waals surface area (Å²) in [5, 5.41) is 5.78. The third-order valence-corrected chi connectivity index (χ3v) is 3.13. The van der Waals surface area contributed by atoms with Crippen molar-refractivity contribution in [2.75, 3.05) is 26.7 Å². The molecule has 0 aliphatic carbocycles. The van der Waals surface area contributed by atoms with Crippen LogP contribution in [0.2, 0.25) is 0 Å². The van der Waals surface area contributed by atoms with Gasteiger partial charge in [0.25, 0.3) is 0 Å². The Morgan fingerprint density at radius 1 is 1.29 bits per heavy atom. The molecule has 0 aromatic rings. The molecule has 2 amide bonds. The van der Waals surface area contributed by atoms with Crippen molar-refractivity contribution in [3.8, 4) is 0 Å². The van der Waals surface area contributed by atoms with Gasteiger partial charge in [0.2, 0.25) is 11.8 Å². The maximum Gasteiger partial charge on any atom is 0.236 e. The van der Waals surface area contributed by atoms with Crippen LogP contribution in [-0.2, 0) is 9.59 Å². The van der Waals surface area contributed by atoms with Crippen LogP contribution in [0.3, 0.4) is 0 Å². The summed E-state index contributed by atoms with van der Waals surface area (Å²) >= 11 is 0. The first kappa shape index (κ1) is 14.0. The maximum atomic E-state index is 11.8. The minimum absolute atomic E-state index is 0.0714. The van der Waals surface area contributed by atoms with E-state index < -0.39 is 0 Å². The Kier molecular flexibility index (Phi) is 5.41. The predicted octanol–water partition coefficient (Wildman–Crippen LogP) is -0.0310. The van der Waals surface area contributed by atoms with Crippen molar-refractivity contribution in [2.45, 2.75) is 32.7 Å². The molecule has 1 aliphatic heterocycles. The molecule has 17 heavy (non-hydrogen) atoms. The molecule has 2 N–H and O–H groups in total. The molecule has 0 spiro atoms. The van der Waals surface area contributed by atoms with E-state index in [9.17, 15) is 9.59 Å². The number of nitrogens with one attached hydrogen (secondary N) is 2. The third kappa shape index (κ3) is 4.34. The third-order valence-electron chi connectivity index (χ3n) is 3.13. The SMILES string of the molecule is CNC(=O)C1CCN(C(=O)CNC(C)C)CC1. The van der Waals surface area contributed by atoms with Gasteiger partial charge in [-0.3, -0.25) is 9.59 Å². The zero-order chi connectivity index (χ0) is 12.8. The predicted molar refractivity (Wildman–Crippen MR) is 66.5 cm³/mol. The van der Waals surface area contributed by atoms with Crippen LogP contribution in [0, 0.1) is 5.92 Å². The number of amides is 2. The minimum atomic E-state index is 0.0714. The van der Waals surface area contributed by atoms with Crippen LogP contribution in [0.4, 0.5) is 0 Å². The lowest BCUT2D eigenvalue weighted by Crippen LogP contribution is -2.46. The molecule has 5 heteroatoms. The number of carbonyl (C=O) groups is 2. The van der Waals surface area contributed by atoms with Gasteiger partial charge < -0.3 is 15.5 Å². The fourth-order valence-electron chi connectivity index (χ4n) is 2.00. The number of rotatable bonds is 4. The van der Waals surface area contributed by atoms with E-state index in [4.69, 9.17) is 0 Å². The summed E-state index contributed by atoms with van der Waals surface area (Å²) in [4.78, 5) is 25.1. The Hall–Kier alpha value is -1.10. The van der Waals surface area contributed by atoms with Gasteiger partial charge in [0, 0.05) is 32.1 Å². The van der Waals surface area contributed by atoms with Gasteiger partial charge in [-0.2, -0.15) is 0 Å². The van der Waals surface area contributed by atoms with Crippen LogP contribution in [0.25, 0.3) is 0 Å². The summed E-state index contributed by atoms with van der Waals surface area (Å²) in [6.45, 7) is 5.81. The number of piperidine rings is 1. The van der Waals surface area contributed by atoms with Crippen molar-refractivity contribution >= 4 is 11.8 Å². The van der Waals surface area contributed by atoms with Gasteiger partial charge in [-0.1, -0.05) is 13.8 Å². The number of carbonyl (C=O) groups excluding carboxylic acids is 2. The molecule has 0 aromatic carbocycles. The first-order valence-electron chi connectivity index (χ1n) is 6.27. The van der Waals surface area contributed by atoms with E-state index in [2.05, 4.69) is 10.6 Å². The molecule has 0 bridgehead atoms. The first-order valence-corrected chi connectivity index (χ1v) is 6.27. The molecule has 0 atom stereocenters. The largest absolute Gasteiger partial charge is 0.359 e. The molecule has 0 aromatic heterocycles. The first-order chi connectivity index (χ1) is 8.04. The Morgan fingerprint density at radius 3 is 2.35 bits per heavy atom. The lowest BCUT2D eigenvalue weighted by atomic mass is 9.96. The fourth-order valence-corrected chi connectivity index (χ4v) is 2.00. The molecule has 98 valence electrons. The average Bonchev–Trinajstić information content (AvgIpc) is 2.35.